The van der Waals surface area contributed by atoms with Crippen molar-refractivity contribution in [3.05, 3.63) is 22.4 Å². The fourth-order valence-corrected chi connectivity index (χ4v) is 3.82. The van der Waals surface area contributed by atoms with E-state index in [4.69, 9.17) is 4.74 Å². The van der Waals surface area contributed by atoms with E-state index in [0.29, 0.717) is 11.5 Å². The van der Waals surface area contributed by atoms with Crippen LogP contribution in [-0.4, -0.2) is 17.2 Å². The first-order valence-electron chi connectivity index (χ1n) is 6.78. The fraction of sp³-hybridized carbons (Fsp3) is 0.667. The van der Waals surface area contributed by atoms with Gasteiger partial charge in [0.2, 0.25) is 0 Å². The lowest BCUT2D eigenvalue weighted by Crippen LogP contribution is -2.35. The number of thiophene rings is 1. The van der Waals surface area contributed by atoms with E-state index in [9.17, 15) is 9.90 Å². The van der Waals surface area contributed by atoms with Crippen molar-refractivity contribution in [3.8, 4) is 0 Å². The molecule has 0 saturated heterocycles. The lowest BCUT2D eigenvalue weighted by molar-refractivity contribution is -0.163. The summed E-state index contributed by atoms with van der Waals surface area (Å²) >= 11 is 1.46. The second-order valence-electron chi connectivity index (χ2n) is 6.43. The number of ether oxygens (including phenoxy) is 1. The number of hydrogen-bond donors (Lipinski definition) is 1. The van der Waals surface area contributed by atoms with Gasteiger partial charge in [0.25, 0.3) is 0 Å². The molecule has 0 spiro atoms. The smallest absolute Gasteiger partial charge is 0.339 e. The topological polar surface area (TPSA) is 46.5 Å². The summed E-state index contributed by atoms with van der Waals surface area (Å²) in [7, 11) is 0. The van der Waals surface area contributed by atoms with Crippen LogP contribution in [0.1, 0.15) is 51.7 Å². The predicted octanol–water partition coefficient (Wildman–Crippen LogP) is 3.54. The van der Waals surface area contributed by atoms with Crippen LogP contribution in [0, 0.1) is 11.3 Å². The Kier molecular flexibility index (Phi) is 4.31. The molecule has 1 saturated carbocycles. The molecule has 1 N–H and O–H groups in total. The maximum absolute atomic E-state index is 12.0. The van der Waals surface area contributed by atoms with Gasteiger partial charge in [-0.05, 0) is 47.4 Å². The fourth-order valence-electron chi connectivity index (χ4n) is 3.14. The minimum atomic E-state index is -1.15. The third-order valence-corrected chi connectivity index (χ3v) is 4.41. The Morgan fingerprint density at radius 2 is 2.26 bits per heavy atom. The molecule has 0 radical (unpaired) electrons. The molecule has 1 unspecified atom stereocenters. The number of aliphatic hydroxyl groups excluding tert-OH is 1. The van der Waals surface area contributed by atoms with E-state index in [-0.39, 0.29) is 11.5 Å². The first-order chi connectivity index (χ1) is 8.87. The van der Waals surface area contributed by atoms with Crippen LogP contribution in [-0.2, 0) is 9.53 Å². The highest BCUT2D eigenvalue weighted by Gasteiger charge is 2.35. The highest BCUT2D eigenvalue weighted by atomic mass is 32.1. The van der Waals surface area contributed by atoms with E-state index in [1.165, 1.54) is 11.3 Å². The normalized spacial score (nSPS) is 27.8. The summed E-state index contributed by atoms with van der Waals surface area (Å²) in [5.41, 5.74) is 0.828. The molecule has 1 aromatic rings. The van der Waals surface area contributed by atoms with E-state index < -0.39 is 12.1 Å². The summed E-state index contributed by atoms with van der Waals surface area (Å²) in [5, 5.41) is 13.6. The van der Waals surface area contributed by atoms with Crippen LogP contribution in [0.15, 0.2) is 16.8 Å². The largest absolute Gasteiger partial charge is 0.460 e. The molecule has 2 rings (SSSR count). The lowest BCUT2D eigenvalue weighted by Gasteiger charge is -2.38. The Morgan fingerprint density at radius 1 is 1.53 bits per heavy atom. The molecule has 1 aliphatic rings. The van der Waals surface area contributed by atoms with Crippen molar-refractivity contribution in [3.63, 3.8) is 0 Å². The SMILES string of the molecule is C[C@@H]1C[C@H](OC(=O)C(O)c2ccsc2)CC(C)(C)C1. The summed E-state index contributed by atoms with van der Waals surface area (Å²) in [6, 6.07) is 1.75. The van der Waals surface area contributed by atoms with Gasteiger partial charge in [-0.25, -0.2) is 4.79 Å². The lowest BCUT2D eigenvalue weighted by atomic mass is 9.71. The average molecular weight is 282 g/mol. The predicted molar refractivity (Wildman–Crippen MR) is 76.0 cm³/mol. The highest BCUT2D eigenvalue weighted by Crippen LogP contribution is 2.40. The van der Waals surface area contributed by atoms with Gasteiger partial charge in [0.1, 0.15) is 6.10 Å². The van der Waals surface area contributed by atoms with Crippen molar-refractivity contribution >= 4 is 17.3 Å². The van der Waals surface area contributed by atoms with Crippen molar-refractivity contribution in [1.29, 1.82) is 0 Å². The van der Waals surface area contributed by atoms with Crippen molar-refractivity contribution in [2.45, 2.75) is 52.2 Å². The van der Waals surface area contributed by atoms with Crippen LogP contribution in [0.5, 0.6) is 0 Å². The second-order valence-corrected chi connectivity index (χ2v) is 7.21. The summed E-state index contributed by atoms with van der Waals surface area (Å²) in [6.45, 7) is 6.61. The molecule has 4 heteroatoms. The Labute approximate surface area is 118 Å². The van der Waals surface area contributed by atoms with Crippen LogP contribution < -0.4 is 0 Å². The summed E-state index contributed by atoms with van der Waals surface area (Å²) in [5.74, 6) is 0.0353. The first-order valence-corrected chi connectivity index (χ1v) is 7.72. The number of rotatable bonds is 3. The van der Waals surface area contributed by atoms with E-state index in [1.807, 2.05) is 5.38 Å². The number of esters is 1. The van der Waals surface area contributed by atoms with E-state index >= 15 is 0 Å². The maximum Gasteiger partial charge on any atom is 0.339 e. The second kappa shape index (κ2) is 5.63. The van der Waals surface area contributed by atoms with Gasteiger partial charge in [-0.15, -0.1) is 0 Å². The van der Waals surface area contributed by atoms with Crippen molar-refractivity contribution < 1.29 is 14.6 Å². The minimum absolute atomic E-state index is 0.0699. The number of carbonyl (C=O) groups excluding carboxylic acids is 1. The van der Waals surface area contributed by atoms with Crippen LogP contribution in [0.25, 0.3) is 0 Å². The molecule has 19 heavy (non-hydrogen) atoms. The highest BCUT2D eigenvalue weighted by molar-refractivity contribution is 7.08. The van der Waals surface area contributed by atoms with Gasteiger partial charge in [-0.3, -0.25) is 0 Å². The molecule has 0 bridgehead atoms. The van der Waals surface area contributed by atoms with Gasteiger partial charge in [0, 0.05) is 5.56 Å². The van der Waals surface area contributed by atoms with Crippen LogP contribution in [0.4, 0.5) is 0 Å². The third-order valence-electron chi connectivity index (χ3n) is 3.71. The Bertz CT molecular complexity index is 425. The first kappa shape index (κ1) is 14.5. The number of aliphatic hydroxyl groups is 1. The van der Waals surface area contributed by atoms with Gasteiger partial charge >= 0.3 is 5.97 Å². The molecular formula is C15H22O3S. The molecule has 3 atom stereocenters. The zero-order valence-electron chi connectivity index (χ0n) is 11.8. The molecule has 1 fully saturated rings. The molecule has 1 aromatic heterocycles. The van der Waals surface area contributed by atoms with Crippen molar-refractivity contribution in [2.24, 2.45) is 11.3 Å². The van der Waals surface area contributed by atoms with E-state index in [2.05, 4.69) is 20.8 Å². The third kappa shape index (κ3) is 3.80. The molecule has 3 nitrogen and oxygen atoms in total. The summed E-state index contributed by atoms with van der Waals surface area (Å²) < 4.78 is 5.50. The van der Waals surface area contributed by atoms with E-state index in [0.717, 1.165) is 19.3 Å². The molecule has 0 aliphatic heterocycles. The van der Waals surface area contributed by atoms with Crippen LogP contribution >= 0.6 is 11.3 Å². The van der Waals surface area contributed by atoms with E-state index in [1.54, 1.807) is 11.4 Å². The monoisotopic (exact) mass is 282 g/mol. The Hall–Kier alpha value is -0.870. The minimum Gasteiger partial charge on any atom is -0.460 e. The molecule has 106 valence electrons. The molecular weight excluding hydrogens is 260 g/mol. The van der Waals surface area contributed by atoms with Crippen LogP contribution in [0.3, 0.4) is 0 Å². The molecule has 0 aromatic carbocycles. The average Bonchev–Trinajstić information content (AvgIpc) is 2.78. The number of carbonyl (C=O) groups is 1. The van der Waals surface area contributed by atoms with Gasteiger partial charge in [-0.1, -0.05) is 20.8 Å². The molecule has 1 heterocycles. The molecule has 1 aliphatic carbocycles. The Balaban J connectivity index is 1.95. The van der Waals surface area contributed by atoms with Gasteiger partial charge in [-0.2, -0.15) is 11.3 Å². The zero-order valence-corrected chi connectivity index (χ0v) is 12.6. The molecule has 0 amide bonds. The van der Waals surface area contributed by atoms with Crippen molar-refractivity contribution in [1.82, 2.24) is 0 Å². The zero-order chi connectivity index (χ0) is 14.0. The standard InChI is InChI=1S/C15H22O3S/c1-10-6-12(8-15(2,3)7-10)18-14(17)13(16)11-4-5-19-9-11/h4-5,9-10,12-13,16H,6-8H2,1-3H3/t10-,12+,13?/m1/s1. The van der Waals surface area contributed by atoms with Crippen LogP contribution in [0.2, 0.25) is 0 Å². The quantitative estimate of drug-likeness (QED) is 0.863. The summed E-state index contributed by atoms with van der Waals surface area (Å²) in [4.78, 5) is 12.0. The maximum atomic E-state index is 12.0. The van der Waals surface area contributed by atoms with Gasteiger partial charge < -0.3 is 9.84 Å². The number of hydrogen-bond acceptors (Lipinski definition) is 4. The van der Waals surface area contributed by atoms with Crippen molar-refractivity contribution in [2.75, 3.05) is 0 Å². The summed E-state index contributed by atoms with van der Waals surface area (Å²) in [6.07, 6.45) is 1.71. The Morgan fingerprint density at radius 3 is 2.84 bits per heavy atom. The van der Waals surface area contributed by atoms with Gasteiger partial charge in [0.05, 0.1) is 0 Å². The van der Waals surface area contributed by atoms with Gasteiger partial charge in [0.15, 0.2) is 6.10 Å².